The minimum atomic E-state index is -0.383. The van der Waals surface area contributed by atoms with E-state index in [9.17, 15) is 9.59 Å². The van der Waals surface area contributed by atoms with E-state index in [1.54, 1.807) is 5.48 Å². The molecule has 1 unspecified atom stereocenters. The van der Waals surface area contributed by atoms with Crippen molar-refractivity contribution in [2.24, 2.45) is 5.92 Å². The number of esters is 1. The molecule has 0 aliphatic heterocycles. The van der Waals surface area contributed by atoms with Gasteiger partial charge in [-0.05, 0) is 62.0 Å². The third-order valence-electron chi connectivity index (χ3n) is 6.27. The lowest BCUT2D eigenvalue weighted by Crippen LogP contribution is -2.45. The molecule has 6 nitrogen and oxygen atoms in total. The van der Waals surface area contributed by atoms with Crippen LogP contribution >= 0.6 is 0 Å². The van der Waals surface area contributed by atoms with Crippen molar-refractivity contribution in [3.05, 3.63) is 35.4 Å². The average molecular weight is 403 g/mol. The maximum absolute atomic E-state index is 12.9. The van der Waals surface area contributed by atoms with Crippen LogP contribution in [0.4, 0.5) is 0 Å². The number of hydrogen-bond acceptors (Lipinski definition) is 5. The molecule has 0 radical (unpaired) electrons. The summed E-state index contributed by atoms with van der Waals surface area (Å²) in [6.45, 7) is 0.623. The predicted octanol–water partition coefficient (Wildman–Crippen LogP) is 3.65. The number of aryl methyl sites for hydroxylation is 1. The molecular weight excluding hydrogens is 368 g/mol. The van der Waals surface area contributed by atoms with Gasteiger partial charge in [-0.2, -0.15) is 0 Å². The topological polar surface area (TPSA) is 87.7 Å². The largest absolute Gasteiger partial charge is 0.461 e. The number of hydroxylamine groups is 1. The average Bonchev–Trinajstić information content (AvgIpc) is 3.26. The molecule has 2 aliphatic rings. The second-order valence-electron chi connectivity index (χ2n) is 8.45. The molecule has 29 heavy (non-hydrogen) atoms. The molecule has 0 spiro atoms. The second-order valence-corrected chi connectivity index (χ2v) is 8.45. The Bertz CT molecular complexity index is 649. The normalized spacial score (nSPS) is 19.1. The van der Waals surface area contributed by atoms with Gasteiger partial charge in [-0.1, -0.05) is 43.5 Å². The molecule has 0 saturated heterocycles. The van der Waals surface area contributed by atoms with E-state index in [4.69, 9.17) is 9.94 Å². The zero-order valence-electron chi connectivity index (χ0n) is 17.2. The van der Waals surface area contributed by atoms with Crippen LogP contribution in [0, 0.1) is 5.92 Å². The highest BCUT2D eigenvalue weighted by Gasteiger charge is 2.32. The molecule has 1 aromatic carbocycles. The van der Waals surface area contributed by atoms with Crippen molar-refractivity contribution in [1.29, 1.82) is 0 Å². The number of amides is 1. The van der Waals surface area contributed by atoms with E-state index in [1.807, 2.05) is 24.3 Å². The Morgan fingerprint density at radius 1 is 0.966 bits per heavy atom. The molecule has 1 amide bonds. The van der Waals surface area contributed by atoms with Crippen LogP contribution in [0.1, 0.15) is 75.3 Å². The van der Waals surface area contributed by atoms with E-state index < -0.39 is 0 Å². The molecule has 0 aromatic heterocycles. The first-order valence-electron chi connectivity index (χ1n) is 11.1. The predicted molar refractivity (Wildman–Crippen MR) is 110 cm³/mol. The van der Waals surface area contributed by atoms with Crippen molar-refractivity contribution >= 4 is 11.9 Å². The fourth-order valence-electron chi connectivity index (χ4n) is 4.52. The van der Waals surface area contributed by atoms with E-state index in [0.29, 0.717) is 18.9 Å². The quantitative estimate of drug-likeness (QED) is 0.333. The van der Waals surface area contributed by atoms with Crippen LogP contribution in [0.15, 0.2) is 24.3 Å². The van der Waals surface area contributed by atoms with Crippen LogP contribution < -0.4 is 10.8 Å². The van der Waals surface area contributed by atoms with Gasteiger partial charge in [-0.3, -0.25) is 14.8 Å². The fraction of sp³-hybridized carbons (Fsp3) is 0.652. The minimum Gasteiger partial charge on any atom is -0.461 e. The summed E-state index contributed by atoms with van der Waals surface area (Å²) in [5.41, 5.74) is 3.80. The van der Waals surface area contributed by atoms with E-state index in [0.717, 1.165) is 49.7 Å². The number of hydrogen-bond donors (Lipinski definition) is 3. The van der Waals surface area contributed by atoms with Crippen molar-refractivity contribution in [2.45, 2.75) is 89.3 Å². The lowest BCUT2D eigenvalue weighted by Gasteiger charge is -2.30. The van der Waals surface area contributed by atoms with Gasteiger partial charge in [0.2, 0.25) is 5.91 Å². The lowest BCUT2D eigenvalue weighted by atomic mass is 9.83. The first-order chi connectivity index (χ1) is 14.2. The highest BCUT2D eigenvalue weighted by molar-refractivity contribution is 5.76. The summed E-state index contributed by atoms with van der Waals surface area (Å²) < 4.78 is 5.84. The van der Waals surface area contributed by atoms with Crippen molar-refractivity contribution in [1.82, 2.24) is 10.8 Å². The van der Waals surface area contributed by atoms with Gasteiger partial charge in [0.15, 0.2) is 0 Å². The molecule has 2 aliphatic carbocycles. The number of carbonyl (C=O) groups is 2. The monoisotopic (exact) mass is 402 g/mol. The SMILES string of the molecule is O=C(CCc1ccc(CNC(C(=O)OC2CCCC2)C2CCCCC2)cc1)NO. The maximum Gasteiger partial charge on any atom is 0.323 e. The third kappa shape index (κ3) is 6.82. The van der Waals surface area contributed by atoms with Gasteiger partial charge in [0.25, 0.3) is 0 Å². The molecule has 1 atom stereocenters. The summed E-state index contributed by atoms with van der Waals surface area (Å²) in [4.78, 5) is 24.1. The van der Waals surface area contributed by atoms with Gasteiger partial charge in [-0.15, -0.1) is 0 Å². The van der Waals surface area contributed by atoms with Crippen molar-refractivity contribution in [3.63, 3.8) is 0 Å². The molecule has 3 N–H and O–H groups in total. The highest BCUT2D eigenvalue weighted by Crippen LogP contribution is 2.29. The number of nitrogens with one attached hydrogen (secondary N) is 2. The fourth-order valence-corrected chi connectivity index (χ4v) is 4.52. The summed E-state index contributed by atoms with van der Waals surface area (Å²) in [7, 11) is 0. The van der Waals surface area contributed by atoms with E-state index in [-0.39, 0.29) is 30.4 Å². The number of ether oxygens (including phenoxy) is 1. The Morgan fingerprint density at radius 2 is 1.59 bits per heavy atom. The molecular formula is C23H34N2O4. The maximum atomic E-state index is 12.9. The Labute approximate surface area is 173 Å². The molecule has 2 saturated carbocycles. The third-order valence-corrected chi connectivity index (χ3v) is 6.27. The summed E-state index contributed by atoms with van der Waals surface area (Å²) >= 11 is 0. The Morgan fingerprint density at radius 3 is 2.24 bits per heavy atom. The zero-order valence-corrected chi connectivity index (χ0v) is 17.2. The van der Waals surface area contributed by atoms with Crippen molar-refractivity contribution in [3.8, 4) is 0 Å². The Balaban J connectivity index is 1.55. The number of carbonyl (C=O) groups excluding carboxylic acids is 2. The van der Waals surface area contributed by atoms with Crippen LogP contribution in [0.2, 0.25) is 0 Å². The molecule has 3 rings (SSSR count). The first-order valence-corrected chi connectivity index (χ1v) is 11.1. The Hall–Kier alpha value is -1.92. The highest BCUT2D eigenvalue weighted by atomic mass is 16.5. The summed E-state index contributed by atoms with van der Waals surface area (Å²) in [6.07, 6.45) is 11.1. The van der Waals surface area contributed by atoms with Gasteiger partial charge < -0.3 is 10.1 Å². The van der Waals surface area contributed by atoms with Gasteiger partial charge in [0.05, 0.1) is 0 Å². The van der Waals surface area contributed by atoms with Crippen LogP contribution in [0.3, 0.4) is 0 Å². The van der Waals surface area contributed by atoms with Crippen LogP contribution in [0.5, 0.6) is 0 Å². The molecule has 0 heterocycles. The smallest absolute Gasteiger partial charge is 0.323 e. The van der Waals surface area contributed by atoms with Gasteiger partial charge >= 0.3 is 5.97 Å². The van der Waals surface area contributed by atoms with Gasteiger partial charge in [0.1, 0.15) is 12.1 Å². The summed E-state index contributed by atoms with van der Waals surface area (Å²) in [5.74, 6) is -0.101. The molecule has 160 valence electrons. The van der Waals surface area contributed by atoms with E-state index in [1.165, 1.54) is 19.3 Å². The van der Waals surface area contributed by atoms with E-state index >= 15 is 0 Å². The van der Waals surface area contributed by atoms with Crippen molar-refractivity contribution < 1.29 is 19.5 Å². The van der Waals surface area contributed by atoms with Crippen LogP contribution in [-0.2, 0) is 27.3 Å². The number of benzene rings is 1. The number of rotatable bonds is 9. The molecule has 1 aromatic rings. The standard InChI is InChI=1S/C23H34N2O4/c26-21(25-28)15-14-17-10-12-18(13-11-17)16-24-22(19-6-2-1-3-7-19)23(27)29-20-8-4-5-9-20/h10-13,19-20,22,24,28H,1-9,14-16H2,(H,25,26). The zero-order chi connectivity index (χ0) is 20.5. The van der Waals surface area contributed by atoms with Crippen molar-refractivity contribution in [2.75, 3.05) is 0 Å². The van der Waals surface area contributed by atoms with E-state index in [2.05, 4.69) is 5.32 Å². The first kappa shape index (κ1) is 21.8. The van der Waals surface area contributed by atoms with Crippen LogP contribution in [-0.4, -0.2) is 29.2 Å². The Kier molecular flexibility index (Phi) is 8.50. The van der Waals surface area contributed by atoms with Gasteiger partial charge in [-0.25, -0.2) is 5.48 Å². The molecule has 6 heteroatoms. The van der Waals surface area contributed by atoms with Crippen LogP contribution in [0.25, 0.3) is 0 Å². The summed E-state index contributed by atoms with van der Waals surface area (Å²) in [6, 6.07) is 7.81. The lowest BCUT2D eigenvalue weighted by molar-refractivity contribution is -0.153. The second kappa shape index (κ2) is 11.3. The van der Waals surface area contributed by atoms with Gasteiger partial charge in [0, 0.05) is 13.0 Å². The summed E-state index contributed by atoms with van der Waals surface area (Å²) in [5, 5.41) is 12.1. The minimum absolute atomic E-state index is 0.0737. The molecule has 2 fully saturated rings. The molecule has 0 bridgehead atoms.